The van der Waals surface area contributed by atoms with Gasteiger partial charge in [-0.2, -0.15) is 5.26 Å². The fraction of sp³-hybridized carbons (Fsp3) is 0.818. The van der Waals surface area contributed by atoms with Crippen LogP contribution in [0.25, 0.3) is 0 Å². The summed E-state index contributed by atoms with van der Waals surface area (Å²) >= 11 is 0. The zero-order chi connectivity index (χ0) is 10.7. The molecule has 1 aliphatic heterocycles. The van der Waals surface area contributed by atoms with E-state index in [9.17, 15) is 4.79 Å². The molecule has 0 N–H and O–H groups in total. The van der Waals surface area contributed by atoms with E-state index in [-0.39, 0.29) is 18.0 Å². The minimum Gasteiger partial charge on any atom is -0.324 e. The molecule has 1 fully saturated rings. The molecule has 0 aromatic carbocycles. The molecule has 0 spiro atoms. The lowest BCUT2D eigenvalue weighted by atomic mass is 9.95. The quantitative estimate of drug-likeness (QED) is 0.674. The molecule has 3 atom stereocenters. The Morgan fingerprint density at radius 3 is 2.50 bits per heavy atom. The molecule has 0 aromatic rings. The summed E-state index contributed by atoms with van der Waals surface area (Å²) in [7, 11) is 0. The molecule has 3 heteroatoms. The summed E-state index contributed by atoms with van der Waals surface area (Å²) in [5, 5.41) is 8.97. The molecule has 14 heavy (non-hydrogen) atoms. The molecule has 0 bridgehead atoms. The van der Waals surface area contributed by atoms with Crippen LogP contribution in [0.15, 0.2) is 0 Å². The van der Waals surface area contributed by atoms with Gasteiger partial charge in [-0.25, -0.2) is 0 Å². The highest BCUT2D eigenvalue weighted by molar-refractivity contribution is 5.74. The predicted molar refractivity (Wildman–Crippen MR) is 54.4 cm³/mol. The van der Waals surface area contributed by atoms with Gasteiger partial charge < -0.3 is 4.90 Å². The van der Waals surface area contributed by atoms with E-state index in [2.05, 4.69) is 19.9 Å². The van der Waals surface area contributed by atoms with Crippen LogP contribution in [-0.4, -0.2) is 22.9 Å². The van der Waals surface area contributed by atoms with E-state index in [1.807, 2.05) is 0 Å². The van der Waals surface area contributed by atoms with Gasteiger partial charge in [0.1, 0.15) is 6.04 Å². The molecule has 0 radical (unpaired) electrons. The van der Waals surface area contributed by atoms with Crippen LogP contribution >= 0.6 is 0 Å². The Morgan fingerprint density at radius 2 is 2.14 bits per heavy atom. The van der Waals surface area contributed by atoms with Gasteiger partial charge in [0.15, 0.2) is 0 Å². The molecule has 0 aromatic heterocycles. The van der Waals surface area contributed by atoms with Crippen LogP contribution in [0.1, 0.15) is 40.0 Å². The van der Waals surface area contributed by atoms with Gasteiger partial charge in [0.25, 0.3) is 0 Å². The van der Waals surface area contributed by atoms with Crippen molar-refractivity contribution in [1.29, 1.82) is 5.26 Å². The molecule has 1 heterocycles. The van der Waals surface area contributed by atoms with Gasteiger partial charge in [-0.3, -0.25) is 4.79 Å². The molecular weight excluding hydrogens is 176 g/mol. The van der Waals surface area contributed by atoms with Crippen molar-refractivity contribution >= 4 is 5.91 Å². The van der Waals surface area contributed by atoms with Crippen molar-refractivity contribution in [3.05, 3.63) is 0 Å². The third-order valence-corrected chi connectivity index (χ3v) is 3.22. The summed E-state index contributed by atoms with van der Waals surface area (Å²) in [4.78, 5) is 13.2. The van der Waals surface area contributed by atoms with E-state index in [0.717, 1.165) is 19.3 Å². The Hall–Kier alpha value is -1.04. The average Bonchev–Trinajstić information content (AvgIpc) is 2.54. The zero-order valence-corrected chi connectivity index (χ0v) is 9.16. The number of carbonyl (C=O) groups excluding carboxylic acids is 1. The highest BCUT2D eigenvalue weighted by Gasteiger charge is 2.40. The van der Waals surface area contributed by atoms with E-state index < -0.39 is 0 Å². The van der Waals surface area contributed by atoms with Gasteiger partial charge >= 0.3 is 0 Å². The Bertz CT molecular complexity index is 257. The monoisotopic (exact) mass is 194 g/mol. The van der Waals surface area contributed by atoms with Crippen molar-refractivity contribution in [2.24, 2.45) is 5.92 Å². The minimum atomic E-state index is -0.192. The third kappa shape index (κ3) is 1.75. The topological polar surface area (TPSA) is 44.1 Å². The second-order valence-electron chi connectivity index (χ2n) is 3.95. The van der Waals surface area contributed by atoms with Gasteiger partial charge in [0.2, 0.25) is 5.91 Å². The van der Waals surface area contributed by atoms with E-state index in [4.69, 9.17) is 5.26 Å². The van der Waals surface area contributed by atoms with Crippen molar-refractivity contribution in [2.45, 2.75) is 52.1 Å². The van der Waals surface area contributed by atoms with Crippen molar-refractivity contribution in [3.63, 3.8) is 0 Å². The highest BCUT2D eigenvalue weighted by atomic mass is 16.2. The molecule has 1 aliphatic rings. The lowest BCUT2D eigenvalue weighted by Crippen LogP contribution is -2.40. The normalized spacial score (nSPS) is 31.6. The maximum Gasteiger partial charge on any atom is 0.220 e. The van der Waals surface area contributed by atoms with Gasteiger partial charge in [0, 0.05) is 13.0 Å². The molecule has 0 aliphatic carbocycles. The molecule has 78 valence electrons. The fourth-order valence-electron chi connectivity index (χ4n) is 2.55. The number of nitrogens with zero attached hydrogens (tertiary/aromatic N) is 2. The summed E-state index contributed by atoms with van der Waals surface area (Å²) in [6.07, 6.45) is 2.86. The van der Waals surface area contributed by atoms with Gasteiger partial charge in [0.05, 0.1) is 6.07 Å². The van der Waals surface area contributed by atoms with Crippen LogP contribution in [0.2, 0.25) is 0 Å². The van der Waals surface area contributed by atoms with Crippen molar-refractivity contribution in [3.8, 4) is 6.07 Å². The average molecular weight is 194 g/mol. The molecule has 0 saturated carbocycles. The van der Waals surface area contributed by atoms with Crippen LogP contribution in [0.5, 0.6) is 0 Å². The first kappa shape index (κ1) is 11.0. The molecular formula is C11H18N2O. The summed E-state index contributed by atoms with van der Waals surface area (Å²) in [6.45, 7) is 5.78. The maximum atomic E-state index is 11.4. The number of carbonyl (C=O) groups is 1. The predicted octanol–water partition coefficient (Wildman–Crippen LogP) is 1.94. The maximum absolute atomic E-state index is 11.4. The molecule has 1 rings (SSSR count). The largest absolute Gasteiger partial charge is 0.324 e. The lowest BCUT2D eigenvalue weighted by molar-refractivity contribution is -0.131. The molecule has 1 saturated heterocycles. The number of nitriles is 1. The number of amides is 1. The van der Waals surface area contributed by atoms with Crippen molar-refractivity contribution < 1.29 is 4.79 Å². The van der Waals surface area contributed by atoms with E-state index in [1.165, 1.54) is 0 Å². The molecule has 3 nitrogen and oxygen atoms in total. The summed E-state index contributed by atoms with van der Waals surface area (Å²) in [5.41, 5.74) is 0. The molecule has 0 unspecified atom stereocenters. The van der Waals surface area contributed by atoms with Gasteiger partial charge in [-0.15, -0.1) is 0 Å². The number of hydrogen-bond acceptors (Lipinski definition) is 2. The first-order valence-corrected chi connectivity index (χ1v) is 5.34. The first-order chi connectivity index (χ1) is 6.65. The van der Waals surface area contributed by atoms with Crippen LogP contribution in [-0.2, 0) is 4.79 Å². The first-order valence-electron chi connectivity index (χ1n) is 5.34. The minimum absolute atomic E-state index is 0.0411. The van der Waals surface area contributed by atoms with Crippen LogP contribution in [0, 0.1) is 17.2 Å². The van der Waals surface area contributed by atoms with E-state index in [0.29, 0.717) is 5.92 Å². The third-order valence-electron chi connectivity index (χ3n) is 3.22. The van der Waals surface area contributed by atoms with E-state index >= 15 is 0 Å². The molecule has 1 amide bonds. The Labute approximate surface area is 85.7 Å². The van der Waals surface area contributed by atoms with E-state index in [1.54, 1.807) is 11.8 Å². The standard InChI is InChI=1S/C11H18N2O/c1-4-9-6-10(7-12)13(8(3)14)11(9)5-2/h9-11H,4-6H2,1-3H3/t9-,10-,11-/m1/s1. The second kappa shape index (κ2) is 4.45. The SMILES string of the molecule is CC[C@@H]1C[C@H](C#N)N(C(C)=O)[C@@H]1CC. The summed E-state index contributed by atoms with van der Waals surface area (Å²) in [5.74, 6) is 0.549. The zero-order valence-electron chi connectivity index (χ0n) is 9.16. The Morgan fingerprint density at radius 1 is 1.50 bits per heavy atom. The number of likely N-dealkylation sites (tertiary alicyclic amines) is 1. The fourth-order valence-corrected chi connectivity index (χ4v) is 2.55. The van der Waals surface area contributed by atoms with Gasteiger partial charge in [-0.05, 0) is 18.8 Å². The summed E-state index contributed by atoms with van der Waals surface area (Å²) < 4.78 is 0. The van der Waals surface area contributed by atoms with Gasteiger partial charge in [-0.1, -0.05) is 20.3 Å². The van der Waals surface area contributed by atoms with Crippen LogP contribution in [0.3, 0.4) is 0 Å². The Kier molecular flexibility index (Phi) is 3.51. The number of rotatable bonds is 2. The Balaban J connectivity index is 2.87. The number of hydrogen-bond donors (Lipinski definition) is 0. The smallest absolute Gasteiger partial charge is 0.220 e. The highest BCUT2D eigenvalue weighted by Crippen LogP contribution is 2.33. The van der Waals surface area contributed by atoms with Crippen molar-refractivity contribution in [1.82, 2.24) is 4.90 Å². The lowest BCUT2D eigenvalue weighted by Gasteiger charge is -2.27. The second-order valence-corrected chi connectivity index (χ2v) is 3.95. The van der Waals surface area contributed by atoms with Crippen LogP contribution < -0.4 is 0 Å². The van der Waals surface area contributed by atoms with Crippen LogP contribution in [0.4, 0.5) is 0 Å². The van der Waals surface area contributed by atoms with Crippen molar-refractivity contribution in [2.75, 3.05) is 0 Å². The summed E-state index contributed by atoms with van der Waals surface area (Å²) in [6, 6.07) is 2.32.